The van der Waals surface area contributed by atoms with Gasteiger partial charge in [0.05, 0.1) is 24.9 Å². The van der Waals surface area contributed by atoms with Crippen LogP contribution in [0, 0.1) is 12.3 Å². The molecule has 2 aromatic carbocycles. The van der Waals surface area contributed by atoms with Crippen LogP contribution in [0.2, 0.25) is 0 Å². The van der Waals surface area contributed by atoms with Gasteiger partial charge in [-0.15, -0.1) is 6.42 Å². The second-order valence-corrected chi connectivity index (χ2v) is 6.49. The molecule has 0 fully saturated rings. The quantitative estimate of drug-likeness (QED) is 0.585. The Hall–Kier alpha value is -3.83. The Bertz CT molecular complexity index is 1090. The van der Waals surface area contributed by atoms with Crippen molar-refractivity contribution in [3.8, 4) is 18.1 Å². The monoisotopic (exact) mass is 405 g/mol. The first kappa shape index (κ1) is 20.9. The molecule has 0 saturated carbocycles. The van der Waals surface area contributed by atoms with Gasteiger partial charge >= 0.3 is 6.03 Å². The maximum atomic E-state index is 12.5. The van der Waals surface area contributed by atoms with Gasteiger partial charge in [-0.2, -0.15) is 0 Å². The molecule has 8 heteroatoms. The Labute approximate surface area is 175 Å². The van der Waals surface area contributed by atoms with Crippen LogP contribution in [-0.4, -0.2) is 55.3 Å². The van der Waals surface area contributed by atoms with Crippen molar-refractivity contribution in [1.29, 1.82) is 0 Å². The molecule has 0 bridgehead atoms. The van der Waals surface area contributed by atoms with Crippen LogP contribution in [0.15, 0.2) is 42.7 Å². The van der Waals surface area contributed by atoms with Crippen LogP contribution in [0.4, 0.5) is 22.0 Å². The van der Waals surface area contributed by atoms with Crippen LogP contribution in [0.1, 0.15) is 5.56 Å². The van der Waals surface area contributed by atoms with Crippen LogP contribution in [-0.2, 0) is 4.74 Å². The number of rotatable bonds is 7. The Balaban J connectivity index is 1.95. The number of anilines is 3. The number of hydrogen-bond donors (Lipinski definition) is 2. The van der Waals surface area contributed by atoms with E-state index in [1.165, 1.54) is 18.3 Å². The van der Waals surface area contributed by atoms with Crippen LogP contribution < -0.4 is 15.4 Å². The van der Waals surface area contributed by atoms with Crippen LogP contribution in [0.3, 0.4) is 0 Å². The first-order valence-corrected chi connectivity index (χ1v) is 9.23. The number of ether oxygens (including phenoxy) is 2. The standard InChI is InChI=1S/C22H23N5O3/c1-5-15-7-6-8-16(11-15)25-21-17-12-19(26-22(28)27(2)9-10-29-3)20(30-4)13-18(17)23-14-24-21/h1,6-8,11-14H,9-10H2,2-4H3,(H,26,28)(H,23,24,25). The van der Waals surface area contributed by atoms with Gasteiger partial charge in [-0.1, -0.05) is 12.0 Å². The Morgan fingerprint density at radius 1 is 1.23 bits per heavy atom. The number of terminal acetylenes is 1. The van der Waals surface area contributed by atoms with E-state index >= 15 is 0 Å². The molecule has 0 atom stereocenters. The highest BCUT2D eigenvalue weighted by atomic mass is 16.5. The Kier molecular flexibility index (Phi) is 6.67. The predicted molar refractivity (Wildman–Crippen MR) is 117 cm³/mol. The molecule has 3 rings (SSSR count). The van der Waals surface area contributed by atoms with E-state index in [2.05, 4.69) is 26.5 Å². The summed E-state index contributed by atoms with van der Waals surface area (Å²) in [5.41, 5.74) is 2.73. The number of nitrogens with zero attached hydrogens (tertiary/aromatic N) is 3. The number of fused-ring (bicyclic) bond motifs is 1. The number of aromatic nitrogens is 2. The molecule has 0 aliphatic carbocycles. The van der Waals surface area contributed by atoms with E-state index < -0.39 is 0 Å². The number of benzene rings is 2. The molecule has 2 N–H and O–H groups in total. The van der Waals surface area contributed by atoms with E-state index in [4.69, 9.17) is 15.9 Å². The molecule has 0 unspecified atom stereocenters. The molecule has 1 heterocycles. The van der Waals surface area contributed by atoms with E-state index in [0.717, 1.165) is 16.6 Å². The number of amides is 2. The van der Waals surface area contributed by atoms with Crippen molar-refractivity contribution in [2.24, 2.45) is 0 Å². The summed E-state index contributed by atoms with van der Waals surface area (Å²) >= 11 is 0. The zero-order valence-electron chi connectivity index (χ0n) is 17.1. The van der Waals surface area contributed by atoms with Crippen molar-refractivity contribution in [3.63, 3.8) is 0 Å². The molecular formula is C22H23N5O3. The lowest BCUT2D eigenvalue weighted by Gasteiger charge is -2.19. The number of carbonyl (C=O) groups excluding carboxylic acids is 1. The van der Waals surface area contributed by atoms with Crippen molar-refractivity contribution in [2.45, 2.75) is 0 Å². The number of nitrogens with one attached hydrogen (secondary N) is 2. The average molecular weight is 405 g/mol. The molecule has 8 nitrogen and oxygen atoms in total. The van der Waals surface area contributed by atoms with Gasteiger partial charge < -0.3 is 25.0 Å². The fourth-order valence-corrected chi connectivity index (χ4v) is 2.81. The summed E-state index contributed by atoms with van der Waals surface area (Å²) in [6.45, 7) is 0.900. The minimum absolute atomic E-state index is 0.280. The van der Waals surface area contributed by atoms with Gasteiger partial charge in [-0.3, -0.25) is 0 Å². The third kappa shape index (κ3) is 4.77. The third-order valence-corrected chi connectivity index (χ3v) is 4.47. The lowest BCUT2D eigenvalue weighted by Crippen LogP contribution is -2.33. The zero-order valence-corrected chi connectivity index (χ0v) is 17.1. The molecule has 0 saturated heterocycles. The van der Waals surface area contributed by atoms with Gasteiger partial charge in [0.25, 0.3) is 0 Å². The SMILES string of the molecule is C#Cc1cccc(Nc2ncnc3cc(OC)c(NC(=O)N(C)CCOC)cc23)c1. The second-order valence-electron chi connectivity index (χ2n) is 6.49. The fraction of sp³-hybridized carbons (Fsp3) is 0.227. The highest BCUT2D eigenvalue weighted by Crippen LogP contribution is 2.33. The van der Waals surface area contributed by atoms with E-state index in [0.29, 0.717) is 35.9 Å². The maximum absolute atomic E-state index is 12.5. The number of hydrogen-bond acceptors (Lipinski definition) is 6. The first-order chi connectivity index (χ1) is 14.5. The lowest BCUT2D eigenvalue weighted by molar-refractivity contribution is 0.165. The van der Waals surface area contributed by atoms with Crippen LogP contribution in [0.5, 0.6) is 5.75 Å². The van der Waals surface area contributed by atoms with Crippen LogP contribution in [0.25, 0.3) is 10.9 Å². The summed E-state index contributed by atoms with van der Waals surface area (Å²) in [4.78, 5) is 22.7. The van der Waals surface area contributed by atoms with E-state index in [9.17, 15) is 4.79 Å². The van der Waals surface area contributed by atoms with E-state index in [1.54, 1.807) is 26.3 Å². The molecule has 0 radical (unpaired) electrons. The van der Waals surface area contributed by atoms with Crippen molar-refractivity contribution in [3.05, 3.63) is 48.3 Å². The minimum atomic E-state index is -0.280. The normalized spacial score (nSPS) is 10.3. The van der Waals surface area contributed by atoms with Gasteiger partial charge in [0.2, 0.25) is 0 Å². The van der Waals surface area contributed by atoms with Gasteiger partial charge in [0.1, 0.15) is 17.9 Å². The van der Waals surface area contributed by atoms with Gasteiger partial charge in [-0.25, -0.2) is 14.8 Å². The summed E-state index contributed by atoms with van der Waals surface area (Å²) in [5, 5.41) is 6.85. The molecule has 0 aliphatic rings. The van der Waals surface area contributed by atoms with Crippen molar-refractivity contribution < 1.29 is 14.3 Å². The van der Waals surface area contributed by atoms with Gasteiger partial charge in [0.15, 0.2) is 0 Å². The zero-order chi connectivity index (χ0) is 21.5. The molecule has 30 heavy (non-hydrogen) atoms. The number of likely N-dealkylation sites (N-methyl/N-ethyl adjacent to an activating group) is 1. The van der Waals surface area contributed by atoms with Crippen LogP contribution >= 0.6 is 0 Å². The summed E-state index contributed by atoms with van der Waals surface area (Å²) in [6, 6.07) is 10.7. The number of methoxy groups -OCH3 is 2. The number of urea groups is 1. The molecular weight excluding hydrogens is 382 g/mol. The fourth-order valence-electron chi connectivity index (χ4n) is 2.81. The smallest absolute Gasteiger partial charge is 0.321 e. The Morgan fingerprint density at radius 2 is 2.07 bits per heavy atom. The Morgan fingerprint density at radius 3 is 2.80 bits per heavy atom. The summed E-state index contributed by atoms with van der Waals surface area (Å²) in [5.74, 6) is 3.69. The summed E-state index contributed by atoms with van der Waals surface area (Å²) in [6.07, 6.45) is 6.95. The maximum Gasteiger partial charge on any atom is 0.321 e. The second kappa shape index (κ2) is 9.58. The largest absolute Gasteiger partial charge is 0.494 e. The predicted octanol–water partition coefficient (Wildman–Crippen LogP) is 3.47. The highest BCUT2D eigenvalue weighted by Gasteiger charge is 2.15. The van der Waals surface area contributed by atoms with Crippen molar-refractivity contribution in [1.82, 2.24) is 14.9 Å². The average Bonchev–Trinajstić information content (AvgIpc) is 2.77. The molecule has 2 amide bonds. The topological polar surface area (TPSA) is 88.6 Å². The minimum Gasteiger partial charge on any atom is -0.494 e. The first-order valence-electron chi connectivity index (χ1n) is 9.23. The lowest BCUT2D eigenvalue weighted by atomic mass is 10.1. The molecule has 154 valence electrons. The molecule has 0 spiro atoms. The summed E-state index contributed by atoms with van der Waals surface area (Å²) < 4.78 is 10.5. The van der Waals surface area contributed by atoms with E-state index in [-0.39, 0.29) is 6.03 Å². The van der Waals surface area contributed by atoms with E-state index in [1.807, 2.05) is 24.3 Å². The molecule has 3 aromatic rings. The molecule has 1 aromatic heterocycles. The van der Waals surface area contributed by atoms with Gasteiger partial charge in [0, 0.05) is 43.4 Å². The van der Waals surface area contributed by atoms with Crippen molar-refractivity contribution in [2.75, 3.05) is 45.1 Å². The third-order valence-electron chi connectivity index (χ3n) is 4.47. The molecule has 0 aliphatic heterocycles. The highest BCUT2D eigenvalue weighted by molar-refractivity contribution is 5.99. The van der Waals surface area contributed by atoms with Gasteiger partial charge in [-0.05, 0) is 24.3 Å². The van der Waals surface area contributed by atoms with Crippen molar-refractivity contribution >= 4 is 34.1 Å². The summed E-state index contributed by atoms with van der Waals surface area (Å²) in [7, 11) is 4.82. The number of carbonyl (C=O) groups is 1.